The van der Waals surface area contributed by atoms with E-state index in [1.165, 1.54) is 6.08 Å². The molecule has 0 saturated heterocycles. The minimum absolute atomic E-state index is 0.101. The van der Waals surface area contributed by atoms with Crippen LogP contribution in [0, 0.1) is 36.5 Å². The van der Waals surface area contributed by atoms with E-state index < -0.39 is 11.4 Å². The van der Waals surface area contributed by atoms with Crippen LogP contribution in [0.2, 0.25) is 0 Å². The smallest absolute Gasteiger partial charge is 0.349 e. The highest BCUT2D eigenvalue weighted by Crippen LogP contribution is 2.20. The summed E-state index contributed by atoms with van der Waals surface area (Å²) in [6.45, 7) is 14.2. The molecule has 0 fully saturated rings. The molecule has 1 aromatic rings. The summed E-state index contributed by atoms with van der Waals surface area (Å²) in [7, 11) is 0. The molecule has 0 aromatic carbocycles. The van der Waals surface area contributed by atoms with Gasteiger partial charge in [0.25, 0.3) is 0 Å². The summed E-state index contributed by atoms with van der Waals surface area (Å²) in [6, 6.07) is 3.84. The Morgan fingerprint density at radius 1 is 1.31 bits per heavy atom. The van der Waals surface area contributed by atoms with Crippen molar-refractivity contribution >= 4 is 17.8 Å². The number of hydrogen-bond donors (Lipinski definition) is 0. The van der Waals surface area contributed by atoms with Crippen molar-refractivity contribution in [3.8, 4) is 6.07 Å². The predicted molar refractivity (Wildman–Crippen MR) is 102 cm³/mol. The molecule has 1 heterocycles. The Morgan fingerprint density at radius 3 is 2.42 bits per heavy atom. The number of nitriles is 1. The van der Waals surface area contributed by atoms with Gasteiger partial charge in [0.1, 0.15) is 11.6 Å². The molecule has 5 nitrogen and oxygen atoms in total. The minimum atomic E-state index is -0.767. The molecule has 0 aliphatic carbocycles. The summed E-state index contributed by atoms with van der Waals surface area (Å²) in [4.78, 5) is 24.0. The van der Waals surface area contributed by atoms with Crippen molar-refractivity contribution in [2.45, 2.75) is 61.4 Å². The lowest BCUT2D eigenvalue weighted by molar-refractivity contribution is -0.146. The lowest BCUT2D eigenvalue weighted by atomic mass is 9.91. The molecule has 26 heavy (non-hydrogen) atoms. The largest absolute Gasteiger partial charge is 0.454 e. The highest BCUT2D eigenvalue weighted by molar-refractivity contribution is 5.99. The van der Waals surface area contributed by atoms with Gasteiger partial charge in [-0.2, -0.15) is 5.26 Å². The first-order valence-electron chi connectivity index (χ1n) is 8.96. The molecule has 0 aliphatic heterocycles. The summed E-state index contributed by atoms with van der Waals surface area (Å²) in [6.07, 6.45) is 2.60. The first kappa shape index (κ1) is 21.7. The van der Waals surface area contributed by atoms with Crippen molar-refractivity contribution in [1.82, 2.24) is 4.57 Å². The number of rotatable bonds is 7. The van der Waals surface area contributed by atoms with Gasteiger partial charge in [0, 0.05) is 23.3 Å². The van der Waals surface area contributed by atoms with Crippen molar-refractivity contribution in [3.05, 3.63) is 28.6 Å². The van der Waals surface area contributed by atoms with Crippen molar-refractivity contribution in [2.24, 2.45) is 11.3 Å². The molecule has 0 atom stereocenters. The summed E-state index contributed by atoms with van der Waals surface area (Å²) in [5.74, 6) is -0.354. The lowest BCUT2D eigenvalue weighted by Crippen LogP contribution is -2.26. The molecule has 142 valence electrons. The summed E-state index contributed by atoms with van der Waals surface area (Å²) in [5.41, 5.74) is 2.23. The van der Waals surface area contributed by atoms with E-state index in [9.17, 15) is 14.9 Å². The summed E-state index contributed by atoms with van der Waals surface area (Å²) in [5, 5.41) is 9.32. The molecule has 0 spiro atoms. The topological polar surface area (TPSA) is 72.1 Å². The van der Waals surface area contributed by atoms with Crippen LogP contribution in [0.1, 0.15) is 58.0 Å². The fourth-order valence-corrected chi connectivity index (χ4v) is 2.42. The van der Waals surface area contributed by atoms with E-state index >= 15 is 0 Å². The quantitative estimate of drug-likeness (QED) is 0.416. The van der Waals surface area contributed by atoms with Gasteiger partial charge in [-0.3, -0.25) is 4.79 Å². The Hall–Kier alpha value is -2.35. The van der Waals surface area contributed by atoms with Gasteiger partial charge in [-0.25, -0.2) is 4.79 Å². The number of aromatic nitrogens is 1. The highest BCUT2D eigenvalue weighted by Gasteiger charge is 2.23. The third-order valence-corrected chi connectivity index (χ3v) is 4.35. The molecule has 0 unspecified atom stereocenters. The van der Waals surface area contributed by atoms with E-state index in [0.29, 0.717) is 5.92 Å². The molecular formula is C21H30N2O3. The number of carbonyl (C=O) groups is 2. The zero-order valence-corrected chi connectivity index (χ0v) is 17.0. The SMILES string of the molecule is Cc1cc(/C=C(\C#N)C(=O)OCC(=O)C(C)(C)C)c(C)n1CCC(C)C. The Balaban J connectivity index is 2.95. The van der Waals surface area contributed by atoms with Crippen LogP contribution in [0.3, 0.4) is 0 Å². The van der Waals surface area contributed by atoms with E-state index in [0.717, 1.165) is 29.9 Å². The third-order valence-electron chi connectivity index (χ3n) is 4.35. The van der Waals surface area contributed by atoms with Gasteiger partial charge < -0.3 is 9.30 Å². The van der Waals surface area contributed by atoms with Gasteiger partial charge in [0.15, 0.2) is 12.4 Å². The Labute approximate surface area is 156 Å². The fourth-order valence-electron chi connectivity index (χ4n) is 2.42. The van der Waals surface area contributed by atoms with Crippen LogP contribution < -0.4 is 0 Å². The van der Waals surface area contributed by atoms with E-state index in [1.54, 1.807) is 20.8 Å². The van der Waals surface area contributed by atoms with Crippen LogP contribution in [0.25, 0.3) is 6.08 Å². The number of carbonyl (C=O) groups excluding carboxylic acids is 2. The molecule has 0 aliphatic rings. The fraction of sp³-hybridized carbons (Fsp3) is 0.571. The number of ether oxygens (including phenoxy) is 1. The van der Waals surface area contributed by atoms with Gasteiger partial charge in [-0.1, -0.05) is 34.6 Å². The molecule has 0 N–H and O–H groups in total. The molecule has 0 amide bonds. The van der Waals surface area contributed by atoms with Gasteiger partial charge in [0.05, 0.1) is 0 Å². The average Bonchev–Trinajstić information content (AvgIpc) is 2.80. The second-order valence-electron chi connectivity index (χ2n) is 8.08. The number of esters is 1. The second kappa shape index (κ2) is 8.84. The van der Waals surface area contributed by atoms with E-state index in [4.69, 9.17) is 4.74 Å². The highest BCUT2D eigenvalue weighted by atomic mass is 16.5. The number of ketones is 1. The molecule has 5 heteroatoms. The number of nitrogens with zero attached hydrogens (tertiary/aromatic N) is 2. The van der Waals surface area contributed by atoms with Gasteiger partial charge in [-0.15, -0.1) is 0 Å². The van der Waals surface area contributed by atoms with Crippen molar-refractivity contribution in [2.75, 3.05) is 6.61 Å². The Morgan fingerprint density at radius 2 is 1.92 bits per heavy atom. The first-order chi connectivity index (χ1) is 12.0. The van der Waals surface area contributed by atoms with Gasteiger partial charge in [0.2, 0.25) is 0 Å². The Bertz CT molecular complexity index is 741. The maximum Gasteiger partial charge on any atom is 0.349 e. The summed E-state index contributed by atoms with van der Waals surface area (Å²) >= 11 is 0. The molecular weight excluding hydrogens is 328 g/mol. The lowest BCUT2D eigenvalue weighted by Gasteiger charge is -2.15. The van der Waals surface area contributed by atoms with Gasteiger partial charge >= 0.3 is 5.97 Å². The monoisotopic (exact) mass is 358 g/mol. The molecule has 1 rings (SSSR count). The van der Waals surface area contributed by atoms with Crippen LogP contribution in [0.4, 0.5) is 0 Å². The molecule has 0 saturated carbocycles. The zero-order valence-electron chi connectivity index (χ0n) is 17.0. The first-order valence-corrected chi connectivity index (χ1v) is 8.96. The summed E-state index contributed by atoms with van der Waals surface area (Å²) < 4.78 is 7.22. The maximum atomic E-state index is 12.2. The van der Waals surface area contributed by atoms with E-state index in [-0.39, 0.29) is 18.0 Å². The maximum absolute atomic E-state index is 12.2. The van der Waals surface area contributed by atoms with Crippen molar-refractivity contribution in [3.63, 3.8) is 0 Å². The number of Topliss-reactive ketones (excluding diaryl/α,β-unsaturated/α-hetero) is 1. The van der Waals surface area contributed by atoms with E-state index in [1.807, 2.05) is 26.0 Å². The number of hydrogen-bond acceptors (Lipinski definition) is 4. The minimum Gasteiger partial charge on any atom is -0.454 e. The van der Waals surface area contributed by atoms with E-state index in [2.05, 4.69) is 18.4 Å². The molecule has 0 radical (unpaired) electrons. The third kappa shape index (κ3) is 5.87. The predicted octanol–water partition coefficient (Wildman–Crippen LogP) is 4.22. The van der Waals surface area contributed by atoms with Crippen LogP contribution >= 0.6 is 0 Å². The van der Waals surface area contributed by atoms with Crippen LogP contribution in [-0.4, -0.2) is 22.9 Å². The standard InChI is InChI=1S/C21H30N2O3/c1-14(2)8-9-23-15(3)10-17(16(23)4)11-18(12-22)20(25)26-13-19(24)21(5,6)7/h10-11,14H,8-9,13H2,1-7H3/b18-11+. The van der Waals surface area contributed by atoms with Crippen LogP contribution in [0.15, 0.2) is 11.6 Å². The van der Waals surface area contributed by atoms with Crippen LogP contribution in [0.5, 0.6) is 0 Å². The van der Waals surface area contributed by atoms with Crippen molar-refractivity contribution in [1.29, 1.82) is 5.26 Å². The normalized spacial score (nSPS) is 12.2. The van der Waals surface area contributed by atoms with Crippen LogP contribution in [-0.2, 0) is 20.9 Å². The molecule has 0 bridgehead atoms. The molecule has 1 aromatic heterocycles. The second-order valence-corrected chi connectivity index (χ2v) is 8.08. The zero-order chi connectivity index (χ0) is 20.1. The van der Waals surface area contributed by atoms with Gasteiger partial charge in [-0.05, 0) is 43.9 Å². The van der Waals surface area contributed by atoms with Crippen molar-refractivity contribution < 1.29 is 14.3 Å². The Kier molecular flexibility index (Phi) is 7.38. The average molecular weight is 358 g/mol. The number of aryl methyl sites for hydroxylation is 1.